The summed E-state index contributed by atoms with van der Waals surface area (Å²) in [5, 5.41) is 53.7. The molecule has 0 aliphatic heterocycles. The van der Waals surface area contributed by atoms with Gasteiger partial charge in [0.25, 0.3) is 0 Å². The molecule has 1 aromatic rings. The SMILES string of the molecule is CN(C)[C@@H]1C(=O)/C(=C(\N)O)C(=O)[C@]2(O)C(=O)C3=C(O)c4c(O)ccc([18F])c4C(C)(O)[C@H]3C[C@H]12. The number of phenolic OH excluding ortho intramolecular Hbond substituents is 1. The lowest BCUT2D eigenvalue weighted by molar-refractivity contribution is -0.169. The number of fused-ring (bicyclic) bond motifs is 3. The molecule has 0 bridgehead atoms. The van der Waals surface area contributed by atoms with Crippen LogP contribution in [0.5, 0.6) is 5.75 Å². The standard InChI is InChI=1S/C22H23FN2O8/c1-21(32)7-6-8-15(25(2)3)17(28)13(20(24)31)19(30)22(8,33)18(29)11(7)16(27)12-10(26)5-4-9(23)14(12)21/h4-5,7-8,15,26-27,31-33H,6,24H2,1-3H3/b20-13-/t7-,8+,15-,21?,22+/m0/s1/i23-1. The van der Waals surface area contributed by atoms with Crippen molar-refractivity contribution in [2.24, 2.45) is 17.6 Å². The molecule has 3 aliphatic rings. The molecule has 5 atom stereocenters. The summed E-state index contributed by atoms with van der Waals surface area (Å²) < 4.78 is 14.8. The van der Waals surface area contributed by atoms with Crippen molar-refractivity contribution in [3.63, 3.8) is 0 Å². The minimum Gasteiger partial charge on any atom is -0.507 e. The maximum Gasteiger partial charge on any atom is 0.211 e. The number of carbonyl (C=O) groups excluding carboxylic acids is 3. The van der Waals surface area contributed by atoms with E-state index in [1.54, 1.807) is 0 Å². The Morgan fingerprint density at radius 3 is 2.30 bits per heavy atom. The molecule has 0 saturated heterocycles. The van der Waals surface area contributed by atoms with Crippen LogP contribution >= 0.6 is 0 Å². The zero-order chi connectivity index (χ0) is 24.8. The van der Waals surface area contributed by atoms with Crippen molar-refractivity contribution >= 4 is 23.1 Å². The van der Waals surface area contributed by atoms with E-state index < -0.39 is 91.9 Å². The highest BCUT2D eigenvalue weighted by atomic mass is 18.2. The number of Topliss-reactive ketones (excluding diaryl/α,β-unsaturated/α-hetero) is 3. The first-order chi connectivity index (χ1) is 15.2. The number of halogens is 1. The van der Waals surface area contributed by atoms with Crippen molar-refractivity contribution in [3.05, 3.63) is 46.1 Å². The van der Waals surface area contributed by atoms with E-state index in [2.05, 4.69) is 0 Å². The van der Waals surface area contributed by atoms with Crippen LogP contribution in [0.1, 0.15) is 24.5 Å². The number of hydrogen-bond acceptors (Lipinski definition) is 10. The molecule has 176 valence electrons. The third kappa shape index (κ3) is 2.66. The largest absolute Gasteiger partial charge is 0.507 e. The number of aliphatic hydroxyl groups is 4. The van der Waals surface area contributed by atoms with Crippen molar-refractivity contribution in [3.8, 4) is 5.75 Å². The maximum absolute atomic E-state index is 14.8. The number of nitrogens with zero attached hydrogens (tertiary/aromatic N) is 1. The van der Waals surface area contributed by atoms with E-state index in [4.69, 9.17) is 5.73 Å². The Labute approximate surface area is 187 Å². The average Bonchev–Trinajstić information content (AvgIpc) is 2.69. The second-order valence-electron chi connectivity index (χ2n) is 9.08. The third-order valence-electron chi connectivity index (χ3n) is 7.06. The fraction of sp³-hybridized carbons (Fsp3) is 0.409. The molecule has 0 heterocycles. The topological polar surface area (TPSA) is 182 Å². The van der Waals surface area contributed by atoms with Gasteiger partial charge in [0.15, 0.2) is 17.3 Å². The van der Waals surface area contributed by atoms with Crippen LogP contribution in [0.3, 0.4) is 0 Å². The molecule has 0 spiro atoms. The second-order valence-corrected chi connectivity index (χ2v) is 9.08. The lowest BCUT2D eigenvalue weighted by atomic mass is 9.53. The van der Waals surface area contributed by atoms with Crippen LogP contribution in [-0.2, 0) is 20.0 Å². The monoisotopic (exact) mass is 461 g/mol. The predicted octanol–water partition coefficient (Wildman–Crippen LogP) is -0.232. The third-order valence-corrected chi connectivity index (χ3v) is 7.06. The van der Waals surface area contributed by atoms with Gasteiger partial charge in [0.05, 0.1) is 17.2 Å². The zero-order valence-corrected chi connectivity index (χ0v) is 18.0. The van der Waals surface area contributed by atoms with Crippen LogP contribution in [0, 0.1) is 17.7 Å². The fourth-order valence-corrected chi connectivity index (χ4v) is 5.57. The summed E-state index contributed by atoms with van der Waals surface area (Å²) in [6, 6.07) is 0.498. The lowest BCUT2D eigenvalue weighted by Crippen LogP contribution is -2.70. The van der Waals surface area contributed by atoms with Gasteiger partial charge in [0, 0.05) is 23.0 Å². The Morgan fingerprint density at radius 1 is 1.15 bits per heavy atom. The summed E-state index contributed by atoms with van der Waals surface area (Å²) >= 11 is 0. The number of ketones is 3. The van der Waals surface area contributed by atoms with Crippen molar-refractivity contribution in [2.75, 3.05) is 14.1 Å². The van der Waals surface area contributed by atoms with Crippen LogP contribution < -0.4 is 5.73 Å². The van der Waals surface area contributed by atoms with Crippen LogP contribution in [0.2, 0.25) is 0 Å². The van der Waals surface area contributed by atoms with Crippen LogP contribution in [-0.4, -0.2) is 73.5 Å². The predicted molar refractivity (Wildman–Crippen MR) is 110 cm³/mol. The van der Waals surface area contributed by atoms with Crippen molar-refractivity contribution in [1.82, 2.24) is 4.90 Å². The number of aliphatic hydroxyl groups excluding tert-OH is 2. The van der Waals surface area contributed by atoms with Gasteiger partial charge in [-0.1, -0.05) is 0 Å². The summed E-state index contributed by atoms with van der Waals surface area (Å²) in [5.74, 6) is -10.1. The number of likely N-dealkylation sites (N-methyl/N-ethyl adjacent to an activating group) is 1. The first-order valence-corrected chi connectivity index (χ1v) is 10.1. The van der Waals surface area contributed by atoms with E-state index in [0.717, 1.165) is 12.1 Å². The molecule has 11 heteroatoms. The van der Waals surface area contributed by atoms with Gasteiger partial charge in [-0.3, -0.25) is 19.3 Å². The van der Waals surface area contributed by atoms with Gasteiger partial charge in [-0.2, -0.15) is 0 Å². The molecule has 1 aromatic carbocycles. The number of phenols is 1. The van der Waals surface area contributed by atoms with E-state index in [0.29, 0.717) is 0 Å². The molecular weight excluding hydrogens is 438 g/mol. The highest BCUT2D eigenvalue weighted by Crippen LogP contribution is 2.56. The maximum atomic E-state index is 14.8. The molecule has 10 nitrogen and oxygen atoms in total. The minimum absolute atomic E-state index is 0.387. The molecule has 4 rings (SSSR count). The number of aromatic hydroxyl groups is 1. The minimum atomic E-state index is -2.91. The molecule has 3 aliphatic carbocycles. The molecule has 1 unspecified atom stereocenters. The zero-order valence-electron chi connectivity index (χ0n) is 18.0. The summed E-state index contributed by atoms with van der Waals surface area (Å²) in [7, 11) is 2.90. The van der Waals surface area contributed by atoms with Gasteiger partial charge >= 0.3 is 0 Å². The smallest absolute Gasteiger partial charge is 0.211 e. The summed E-state index contributed by atoms with van der Waals surface area (Å²) in [6.45, 7) is 1.18. The second kappa shape index (κ2) is 6.86. The van der Waals surface area contributed by atoms with Crippen molar-refractivity contribution < 1.29 is 44.3 Å². The average molecular weight is 461 g/mol. The fourth-order valence-electron chi connectivity index (χ4n) is 5.57. The van der Waals surface area contributed by atoms with Gasteiger partial charge in [-0.25, -0.2) is 4.39 Å². The Balaban J connectivity index is 2.05. The number of rotatable bonds is 1. The lowest BCUT2D eigenvalue weighted by Gasteiger charge is -2.52. The van der Waals surface area contributed by atoms with Gasteiger partial charge in [0.2, 0.25) is 11.6 Å². The van der Waals surface area contributed by atoms with Crippen LogP contribution in [0.15, 0.2) is 29.2 Å². The van der Waals surface area contributed by atoms with Gasteiger partial charge in [-0.15, -0.1) is 0 Å². The van der Waals surface area contributed by atoms with E-state index in [9.17, 15) is 44.3 Å². The highest BCUT2D eigenvalue weighted by Gasteiger charge is 2.68. The Bertz CT molecular complexity index is 1200. The molecule has 0 amide bonds. The Morgan fingerprint density at radius 2 is 1.76 bits per heavy atom. The summed E-state index contributed by atoms with van der Waals surface area (Å²) in [4.78, 5) is 41.1. The molecule has 0 aromatic heterocycles. The molecule has 2 saturated carbocycles. The number of nitrogens with two attached hydrogens (primary N) is 1. The normalized spacial score (nSPS) is 35.4. The molecule has 0 radical (unpaired) electrons. The number of hydrogen-bond donors (Lipinski definition) is 6. The van der Waals surface area contributed by atoms with Crippen molar-refractivity contribution in [1.29, 1.82) is 0 Å². The molecule has 7 N–H and O–H groups in total. The van der Waals surface area contributed by atoms with Crippen molar-refractivity contribution in [2.45, 2.75) is 30.6 Å². The quantitative estimate of drug-likeness (QED) is 0.141. The van der Waals surface area contributed by atoms with Gasteiger partial charge in [-0.05, 0) is 39.6 Å². The molecule has 33 heavy (non-hydrogen) atoms. The summed E-state index contributed by atoms with van der Waals surface area (Å²) in [5.41, 5.74) is -2.30. The van der Waals surface area contributed by atoms with Gasteiger partial charge in [0.1, 0.15) is 22.9 Å². The van der Waals surface area contributed by atoms with Crippen LogP contribution in [0.4, 0.5) is 4.39 Å². The van der Waals surface area contributed by atoms with E-state index in [-0.39, 0.29) is 6.42 Å². The summed E-state index contributed by atoms with van der Waals surface area (Å²) in [6.07, 6.45) is -0.387. The van der Waals surface area contributed by atoms with E-state index in [1.165, 1.54) is 25.9 Å². The Hall–Kier alpha value is -3.28. The molecule has 2 fully saturated rings. The highest BCUT2D eigenvalue weighted by molar-refractivity contribution is 6.35. The van der Waals surface area contributed by atoms with Crippen LogP contribution in [0.25, 0.3) is 5.76 Å². The van der Waals surface area contributed by atoms with E-state index >= 15 is 0 Å². The Kier molecular flexibility index (Phi) is 4.76. The number of benzene rings is 1. The first-order valence-electron chi connectivity index (χ1n) is 10.1. The van der Waals surface area contributed by atoms with Gasteiger partial charge < -0.3 is 31.3 Å². The van der Waals surface area contributed by atoms with E-state index in [1.807, 2.05) is 0 Å². The molecular formula is C22H23FN2O8. The number of carbonyl (C=O) groups is 3. The first kappa shape index (κ1) is 22.9.